The summed E-state index contributed by atoms with van der Waals surface area (Å²) in [6.07, 6.45) is 3.72. The van der Waals surface area contributed by atoms with Gasteiger partial charge in [0.25, 0.3) is 0 Å². The summed E-state index contributed by atoms with van der Waals surface area (Å²) in [4.78, 5) is 9.06. The van der Waals surface area contributed by atoms with Crippen molar-refractivity contribution < 1.29 is 4.74 Å². The van der Waals surface area contributed by atoms with Crippen molar-refractivity contribution in [1.82, 2.24) is 19.7 Å². The van der Waals surface area contributed by atoms with Gasteiger partial charge in [-0.2, -0.15) is 5.10 Å². The lowest BCUT2D eigenvalue weighted by Crippen LogP contribution is -2.06. The molecule has 6 nitrogen and oxygen atoms in total. The van der Waals surface area contributed by atoms with Crippen molar-refractivity contribution in [3.05, 3.63) is 21.7 Å². The second kappa shape index (κ2) is 6.29. The van der Waals surface area contributed by atoms with Crippen LogP contribution >= 0.6 is 22.6 Å². The number of ether oxygens (including phenoxy) is 1. The first-order chi connectivity index (χ1) is 9.19. The van der Waals surface area contributed by atoms with Gasteiger partial charge >= 0.3 is 0 Å². The van der Waals surface area contributed by atoms with Crippen molar-refractivity contribution in [2.45, 2.75) is 20.1 Å². The fraction of sp³-hybridized carbons (Fsp3) is 0.417. The standard InChI is InChI=1S/C12H16IN5O/c1-4-18-6-8(5-15-18)11-16-9(7-19-3)10(13)12(14-2)17-11/h5-6H,4,7H2,1-3H3,(H,14,16,17). The molecule has 19 heavy (non-hydrogen) atoms. The molecule has 2 aromatic rings. The van der Waals surface area contributed by atoms with E-state index < -0.39 is 0 Å². The van der Waals surface area contributed by atoms with Crippen LogP contribution in [0.1, 0.15) is 12.6 Å². The first-order valence-corrected chi connectivity index (χ1v) is 7.03. The fourth-order valence-corrected chi connectivity index (χ4v) is 2.34. The zero-order chi connectivity index (χ0) is 13.8. The van der Waals surface area contributed by atoms with E-state index in [0.717, 1.165) is 27.2 Å². The number of nitrogens with one attached hydrogen (secondary N) is 1. The van der Waals surface area contributed by atoms with Gasteiger partial charge < -0.3 is 10.1 Å². The molecule has 0 saturated carbocycles. The van der Waals surface area contributed by atoms with E-state index in [0.29, 0.717) is 12.4 Å². The minimum Gasteiger partial charge on any atom is -0.378 e. The summed E-state index contributed by atoms with van der Waals surface area (Å²) < 4.78 is 8.01. The second-order valence-corrected chi connectivity index (χ2v) is 5.00. The number of hydrogen-bond donors (Lipinski definition) is 1. The molecule has 0 fully saturated rings. The predicted molar refractivity (Wildman–Crippen MR) is 81.9 cm³/mol. The number of hydrogen-bond acceptors (Lipinski definition) is 5. The highest BCUT2D eigenvalue weighted by Gasteiger charge is 2.13. The summed E-state index contributed by atoms with van der Waals surface area (Å²) in [7, 11) is 3.51. The monoisotopic (exact) mass is 373 g/mol. The van der Waals surface area contributed by atoms with Crippen LogP contribution < -0.4 is 5.32 Å². The normalized spacial score (nSPS) is 10.7. The Morgan fingerprint density at radius 3 is 2.79 bits per heavy atom. The van der Waals surface area contributed by atoms with Crippen LogP contribution in [0.5, 0.6) is 0 Å². The quantitative estimate of drug-likeness (QED) is 0.814. The molecule has 2 aromatic heterocycles. The highest BCUT2D eigenvalue weighted by atomic mass is 127. The molecule has 2 heterocycles. The third kappa shape index (κ3) is 3.03. The number of aromatic nitrogens is 4. The zero-order valence-electron chi connectivity index (χ0n) is 11.1. The van der Waals surface area contributed by atoms with Gasteiger partial charge in [-0.25, -0.2) is 9.97 Å². The minimum atomic E-state index is 0.463. The molecular formula is C12H16IN5O. The van der Waals surface area contributed by atoms with E-state index in [-0.39, 0.29) is 0 Å². The molecule has 0 unspecified atom stereocenters. The van der Waals surface area contributed by atoms with Crippen molar-refractivity contribution in [3.63, 3.8) is 0 Å². The number of nitrogens with zero attached hydrogens (tertiary/aromatic N) is 4. The van der Waals surface area contributed by atoms with Crippen LogP contribution in [-0.2, 0) is 17.9 Å². The molecule has 0 aliphatic rings. The van der Waals surface area contributed by atoms with Crippen LogP contribution in [0, 0.1) is 3.57 Å². The van der Waals surface area contributed by atoms with Crippen LogP contribution in [0.4, 0.5) is 5.82 Å². The zero-order valence-corrected chi connectivity index (χ0v) is 13.3. The van der Waals surface area contributed by atoms with E-state index in [1.165, 1.54) is 0 Å². The molecule has 0 aliphatic heterocycles. The Bertz CT molecular complexity index is 569. The molecule has 102 valence electrons. The molecule has 0 radical (unpaired) electrons. The molecule has 0 bridgehead atoms. The van der Waals surface area contributed by atoms with Gasteiger partial charge in [-0.1, -0.05) is 0 Å². The maximum absolute atomic E-state index is 5.18. The highest BCUT2D eigenvalue weighted by molar-refractivity contribution is 14.1. The summed E-state index contributed by atoms with van der Waals surface area (Å²) in [5, 5.41) is 7.33. The fourth-order valence-electron chi connectivity index (χ4n) is 1.67. The molecule has 0 amide bonds. The Kier molecular flexibility index (Phi) is 4.70. The topological polar surface area (TPSA) is 64.9 Å². The van der Waals surface area contributed by atoms with Crippen molar-refractivity contribution in [2.24, 2.45) is 0 Å². The van der Waals surface area contributed by atoms with E-state index in [1.807, 2.05) is 24.9 Å². The second-order valence-electron chi connectivity index (χ2n) is 3.92. The summed E-state index contributed by atoms with van der Waals surface area (Å²) in [6.45, 7) is 3.33. The first-order valence-electron chi connectivity index (χ1n) is 5.95. The Morgan fingerprint density at radius 2 is 2.21 bits per heavy atom. The van der Waals surface area contributed by atoms with Gasteiger partial charge in [0, 0.05) is 26.9 Å². The van der Waals surface area contributed by atoms with Gasteiger partial charge in [-0.3, -0.25) is 4.68 Å². The number of rotatable bonds is 5. The molecule has 0 aliphatic carbocycles. The van der Waals surface area contributed by atoms with Gasteiger partial charge in [0.05, 0.1) is 27.6 Å². The van der Waals surface area contributed by atoms with Gasteiger partial charge in [0.2, 0.25) is 0 Å². The molecule has 2 rings (SSSR count). The largest absolute Gasteiger partial charge is 0.378 e. The molecule has 0 aromatic carbocycles. The van der Waals surface area contributed by atoms with Crippen molar-refractivity contribution in [2.75, 3.05) is 19.5 Å². The Labute approximate surface area is 125 Å². The number of aryl methyl sites for hydroxylation is 1. The number of anilines is 1. The van der Waals surface area contributed by atoms with Crippen molar-refractivity contribution in [1.29, 1.82) is 0 Å². The molecule has 0 atom stereocenters. The summed E-state index contributed by atoms with van der Waals surface area (Å²) in [6, 6.07) is 0. The lowest BCUT2D eigenvalue weighted by molar-refractivity contribution is 0.181. The smallest absolute Gasteiger partial charge is 0.165 e. The number of halogens is 1. The van der Waals surface area contributed by atoms with Gasteiger partial charge in [-0.05, 0) is 29.5 Å². The van der Waals surface area contributed by atoms with Crippen LogP contribution in [-0.4, -0.2) is 33.9 Å². The van der Waals surface area contributed by atoms with Crippen LogP contribution in [0.25, 0.3) is 11.4 Å². The van der Waals surface area contributed by atoms with Crippen LogP contribution in [0.15, 0.2) is 12.4 Å². The Balaban J connectivity index is 2.47. The summed E-state index contributed by atoms with van der Waals surface area (Å²) in [5.41, 5.74) is 1.79. The third-order valence-electron chi connectivity index (χ3n) is 2.65. The highest BCUT2D eigenvalue weighted by Crippen LogP contribution is 2.24. The maximum Gasteiger partial charge on any atom is 0.165 e. The van der Waals surface area contributed by atoms with E-state index in [4.69, 9.17) is 4.74 Å². The van der Waals surface area contributed by atoms with Gasteiger partial charge in [0.1, 0.15) is 5.82 Å². The van der Waals surface area contributed by atoms with E-state index >= 15 is 0 Å². The molecule has 7 heteroatoms. The van der Waals surface area contributed by atoms with E-state index in [9.17, 15) is 0 Å². The first kappa shape index (κ1) is 14.2. The SMILES string of the molecule is CCn1cc(-c2nc(COC)c(I)c(NC)n2)cn1. The number of methoxy groups -OCH3 is 1. The lowest BCUT2D eigenvalue weighted by atomic mass is 10.3. The third-order valence-corrected chi connectivity index (χ3v) is 3.79. The summed E-state index contributed by atoms with van der Waals surface area (Å²) >= 11 is 2.22. The van der Waals surface area contributed by atoms with Crippen LogP contribution in [0.3, 0.4) is 0 Å². The van der Waals surface area contributed by atoms with E-state index in [2.05, 4.69) is 43.0 Å². The molecule has 0 spiro atoms. The lowest BCUT2D eigenvalue weighted by Gasteiger charge is -2.09. The van der Waals surface area contributed by atoms with Gasteiger partial charge in [0.15, 0.2) is 5.82 Å². The van der Waals surface area contributed by atoms with Crippen LogP contribution in [0.2, 0.25) is 0 Å². The predicted octanol–water partition coefficient (Wildman–Crippen LogP) is 2.15. The maximum atomic E-state index is 5.18. The summed E-state index contributed by atoms with van der Waals surface area (Å²) in [5.74, 6) is 1.47. The molecule has 0 saturated heterocycles. The average Bonchev–Trinajstić information content (AvgIpc) is 2.90. The molecule has 1 N–H and O–H groups in total. The average molecular weight is 373 g/mol. The Hall–Kier alpha value is -1.22. The van der Waals surface area contributed by atoms with Crippen molar-refractivity contribution >= 4 is 28.4 Å². The van der Waals surface area contributed by atoms with E-state index in [1.54, 1.807) is 13.3 Å². The minimum absolute atomic E-state index is 0.463. The van der Waals surface area contributed by atoms with Gasteiger partial charge in [-0.15, -0.1) is 0 Å². The van der Waals surface area contributed by atoms with Crippen molar-refractivity contribution in [3.8, 4) is 11.4 Å². The molecular weight excluding hydrogens is 357 g/mol. The Morgan fingerprint density at radius 1 is 1.42 bits per heavy atom.